The van der Waals surface area contributed by atoms with E-state index in [1.165, 1.54) is 0 Å². The van der Waals surface area contributed by atoms with Crippen molar-refractivity contribution in [3.63, 3.8) is 0 Å². The van der Waals surface area contributed by atoms with Gasteiger partial charge < -0.3 is 5.73 Å². The van der Waals surface area contributed by atoms with Gasteiger partial charge in [-0.2, -0.15) is 0 Å². The Kier molecular flexibility index (Phi) is 3.16. The molecule has 0 bridgehead atoms. The fraction of sp³-hybridized carbons (Fsp3) is 0.400. The van der Waals surface area contributed by atoms with Gasteiger partial charge in [0.15, 0.2) is 9.84 Å². The predicted octanol–water partition coefficient (Wildman–Crippen LogP) is 1.70. The molecule has 0 spiro atoms. The number of hydrogen-bond acceptors (Lipinski definition) is 3. The van der Waals surface area contributed by atoms with E-state index < -0.39 is 9.84 Å². The minimum atomic E-state index is -3.22. The van der Waals surface area contributed by atoms with E-state index in [-0.39, 0.29) is 16.6 Å². The Balaban J connectivity index is 3.11. The molecule has 0 radical (unpaired) electrons. The normalized spacial score (nSPS) is 11.9. The van der Waals surface area contributed by atoms with Gasteiger partial charge in [0.1, 0.15) is 0 Å². The molecule has 0 heterocycles. The molecule has 0 unspecified atom stereocenters. The van der Waals surface area contributed by atoms with E-state index in [1.54, 1.807) is 24.3 Å². The molecule has 1 aromatic rings. The smallest absolute Gasteiger partial charge is 0.180 e. The largest absolute Gasteiger partial charge is 0.398 e. The molecule has 3 nitrogen and oxygen atoms in total. The zero-order valence-electron chi connectivity index (χ0n) is 8.40. The van der Waals surface area contributed by atoms with Crippen molar-refractivity contribution >= 4 is 15.5 Å². The third kappa shape index (κ3) is 2.48. The average molecular weight is 213 g/mol. The summed E-state index contributed by atoms with van der Waals surface area (Å²) in [4.78, 5) is 0.244. The molecular weight excluding hydrogens is 198 g/mol. The zero-order chi connectivity index (χ0) is 10.8. The summed E-state index contributed by atoms with van der Waals surface area (Å²) >= 11 is 0. The van der Waals surface area contributed by atoms with Crippen molar-refractivity contribution in [1.82, 2.24) is 0 Å². The van der Waals surface area contributed by atoms with Crippen molar-refractivity contribution in [1.29, 1.82) is 0 Å². The summed E-state index contributed by atoms with van der Waals surface area (Å²) in [6.45, 7) is 3.74. The van der Waals surface area contributed by atoms with Crippen LogP contribution in [0.4, 0.5) is 5.69 Å². The molecule has 0 saturated heterocycles. The van der Waals surface area contributed by atoms with Crippen molar-refractivity contribution in [2.75, 3.05) is 11.5 Å². The van der Waals surface area contributed by atoms with E-state index in [1.807, 2.05) is 13.8 Å². The van der Waals surface area contributed by atoms with Crippen molar-refractivity contribution < 1.29 is 8.42 Å². The maximum Gasteiger partial charge on any atom is 0.180 e. The fourth-order valence-electron chi connectivity index (χ4n) is 1.29. The molecule has 1 aromatic carbocycles. The quantitative estimate of drug-likeness (QED) is 0.777. The van der Waals surface area contributed by atoms with Crippen LogP contribution in [-0.4, -0.2) is 14.2 Å². The van der Waals surface area contributed by atoms with E-state index in [0.29, 0.717) is 5.69 Å². The Hall–Kier alpha value is -1.03. The fourth-order valence-corrected chi connectivity index (χ4v) is 3.06. The van der Waals surface area contributed by atoms with Gasteiger partial charge in [-0.15, -0.1) is 0 Å². The van der Waals surface area contributed by atoms with Gasteiger partial charge in [-0.3, -0.25) is 0 Å². The number of sulfone groups is 1. The van der Waals surface area contributed by atoms with Crippen LogP contribution in [0.5, 0.6) is 0 Å². The van der Waals surface area contributed by atoms with Gasteiger partial charge in [0.05, 0.1) is 16.3 Å². The Morgan fingerprint density at radius 3 is 2.36 bits per heavy atom. The van der Waals surface area contributed by atoms with Gasteiger partial charge in [0.2, 0.25) is 0 Å². The summed E-state index contributed by atoms with van der Waals surface area (Å²) in [5.41, 5.74) is 5.93. The highest BCUT2D eigenvalue weighted by atomic mass is 32.2. The van der Waals surface area contributed by atoms with Gasteiger partial charge in [-0.1, -0.05) is 26.0 Å². The van der Waals surface area contributed by atoms with Crippen LogP contribution in [0.3, 0.4) is 0 Å². The average Bonchev–Trinajstić information content (AvgIpc) is 2.02. The third-order valence-corrected chi connectivity index (χ3v) is 3.95. The van der Waals surface area contributed by atoms with Crippen LogP contribution in [0.1, 0.15) is 13.8 Å². The Morgan fingerprint density at radius 2 is 1.86 bits per heavy atom. The van der Waals surface area contributed by atoms with Crippen LogP contribution in [0.15, 0.2) is 29.2 Å². The number of nitrogen functional groups attached to an aromatic ring is 1. The first-order chi connectivity index (χ1) is 6.43. The minimum Gasteiger partial charge on any atom is -0.398 e. The first-order valence-corrected chi connectivity index (χ1v) is 6.16. The second-order valence-corrected chi connectivity index (χ2v) is 5.72. The molecule has 0 amide bonds. The Labute approximate surface area is 84.9 Å². The summed E-state index contributed by atoms with van der Waals surface area (Å²) in [7, 11) is -3.22. The summed E-state index contributed by atoms with van der Waals surface area (Å²) in [5.74, 6) is 0.251. The molecule has 0 saturated carbocycles. The predicted molar refractivity (Wildman–Crippen MR) is 57.7 cm³/mol. The van der Waals surface area contributed by atoms with Crippen LogP contribution >= 0.6 is 0 Å². The molecule has 0 fully saturated rings. The van der Waals surface area contributed by atoms with Gasteiger partial charge in [-0.25, -0.2) is 8.42 Å². The van der Waals surface area contributed by atoms with Crippen molar-refractivity contribution in [2.45, 2.75) is 18.7 Å². The van der Waals surface area contributed by atoms with E-state index in [4.69, 9.17) is 5.73 Å². The summed E-state index contributed by atoms with van der Waals surface area (Å²) in [6, 6.07) is 6.56. The maximum atomic E-state index is 11.8. The molecule has 0 atom stereocenters. The maximum absolute atomic E-state index is 11.8. The van der Waals surface area contributed by atoms with Crippen molar-refractivity contribution in [3.05, 3.63) is 24.3 Å². The molecule has 0 aliphatic rings. The summed E-state index contributed by atoms with van der Waals surface area (Å²) < 4.78 is 23.6. The molecule has 1 rings (SSSR count). The number of hydrogen-bond donors (Lipinski definition) is 1. The van der Waals surface area contributed by atoms with Crippen LogP contribution in [0.2, 0.25) is 0 Å². The highest BCUT2D eigenvalue weighted by Gasteiger charge is 2.18. The Bertz CT molecular complexity index is 410. The third-order valence-electron chi connectivity index (χ3n) is 1.81. The molecule has 0 aromatic heterocycles. The number of rotatable bonds is 3. The van der Waals surface area contributed by atoms with Crippen molar-refractivity contribution in [3.8, 4) is 0 Å². The molecule has 0 aliphatic carbocycles. The summed E-state index contributed by atoms with van der Waals surface area (Å²) in [5, 5.41) is 0. The van der Waals surface area contributed by atoms with Gasteiger partial charge in [0.25, 0.3) is 0 Å². The van der Waals surface area contributed by atoms with Crippen LogP contribution in [-0.2, 0) is 9.84 Å². The van der Waals surface area contributed by atoms with E-state index in [9.17, 15) is 8.42 Å². The van der Waals surface area contributed by atoms with Crippen LogP contribution < -0.4 is 5.73 Å². The van der Waals surface area contributed by atoms with Crippen molar-refractivity contribution in [2.24, 2.45) is 5.92 Å². The van der Waals surface area contributed by atoms with E-state index in [0.717, 1.165) is 0 Å². The van der Waals surface area contributed by atoms with E-state index >= 15 is 0 Å². The molecule has 14 heavy (non-hydrogen) atoms. The molecule has 0 aliphatic heterocycles. The lowest BCUT2D eigenvalue weighted by molar-refractivity contribution is 0.583. The molecular formula is C10H15NO2S. The zero-order valence-corrected chi connectivity index (χ0v) is 9.21. The monoisotopic (exact) mass is 213 g/mol. The lowest BCUT2D eigenvalue weighted by Gasteiger charge is -2.08. The lowest BCUT2D eigenvalue weighted by atomic mass is 10.3. The standard InChI is InChI=1S/C10H15NO2S/c1-8(2)7-14(12,13)10-6-4-3-5-9(10)11/h3-6,8H,7,11H2,1-2H3. The topological polar surface area (TPSA) is 60.2 Å². The minimum absolute atomic E-state index is 0.111. The molecule has 4 heteroatoms. The molecule has 78 valence electrons. The van der Waals surface area contributed by atoms with Gasteiger partial charge >= 0.3 is 0 Å². The Morgan fingerprint density at radius 1 is 1.29 bits per heavy atom. The number of anilines is 1. The van der Waals surface area contributed by atoms with Gasteiger partial charge in [0, 0.05) is 0 Å². The highest BCUT2D eigenvalue weighted by Crippen LogP contribution is 2.20. The number of nitrogens with two attached hydrogens (primary N) is 1. The lowest BCUT2D eigenvalue weighted by Crippen LogP contribution is -2.13. The molecule has 2 N–H and O–H groups in total. The second kappa shape index (κ2) is 4.00. The van der Waals surface area contributed by atoms with Crippen LogP contribution in [0, 0.1) is 5.92 Å². The second-order valence-electron chi connectivity index (χ2n) is 3.71. The van der Waals surface area contributed by atoms with Crippen LogP contribution in [0.25, 0.3) is 0 Å². The van der Waals surface area contributed by atoms with E-state index in [2.05, 4.69) is 0 Å². The first-order valence-electron chi connectivity index (χ1n) is 4.51. The first kappa shape index (κ1) is 11.0. The summed E-state index contributed by atoms with van der Waals surface area (Å²) in [6.07, 6.45) is 0. The van der Waals surface area contributed by atoms with Gasteiger partial charge in [-0.05, 0) is 18.1 Å². The number of benzene rings is 1. The number of para-hydroxylation sites is 1. The SMILES string of the molecule is CC(C)CS(=O)(=O)c1ccccc1N. The highest BCUT2D eigenvalue weighted by molar-refractivity contribution is 7.91.